The molecule has 3 N–H and O–H groups in total. The van der Waals surface area contributed by atoms with Crippen LogP contribution in [0.1, 0.15) is 21.5 Å². The van der Waals surface area contributed by atoms with E-state index in [1.165, 1.54) is 0 Å². The standard InChI is InChI=1S/C23H20N4O2/c1-16-7-10-20(26-23(29)18-5-3-2-4-6-18)13-21(16)27-22(28)15-25-19-11-8-17(14-24)9-12-19/h2-13,25H,15H2,1H3,(H,26,29)(H,27,28). The van der Waals surface area contributed by atoms with Gasteiger partial charge in [0.1, 0.15) is 0 Å². The van der Waals surface area contributed by atoms with Gasteiger partial charge in [-0.15, -0.1) is 0 Å². The smallest absolute Gasteiger partial charge is 0.255 e. The Bertz CT molecular complexity index is 1050. The number of nitriles is 1. The summed E-state index contributed by atoms with van der Waals surface area (Å²) in [5.74, 6) is -0.432. The molecule has 0 aliphatic heterocycles. The molecule has 0 saturated carbocycles. The zero-order valence-electron chi connectivity index (χ0n) is 15.9. The second-order valence-electron chi connectivity index (χ2n) is 6.44. The highest BCUT2D eigenvalue weighted by molar-refractivity contribution is 6.04. The molecule has 29 heavy (non-hydrogen) atoms. The Labute approximate surface area is 169 Å². The lowest BCUT2D eigenvalue weighted by Crippen LogP contribution is -2.22. The lowest BCUT2D eigenvalue weighted by atomic mass is 10.1. The van der Waals surface area contributed by atoms with Crippen LogP contribution >= 0.6 is 0 Å². The maximum Gasteiger partial charge on any atom is 0.255 e. The number of carbonyl (C=O) groups is 2. The fourth-order valence-corrected chi connectivity index (χ4v) is 2.67. The molecule has 0 saturated heterocycles. The molecule has 0 aliphatic rings. The molecule has 0 spiro atoms. The summed E-state index contributed by atoms with van der Waals surface area (Å²) >= 11 is 0. The summed E-state index contributed by atoms with van der Waals surface area (Å²) in [5.41, 5.74) is 3.98. The first-order chi connectivity index (χ1) is 14.0. The highest BCUT2D eigenvalue weighted by atomic mass is 16.2. The SMILES string of the molecule is Cc1ccc(NC(=O)c2ccccc2)cc1NC(=O)CNc1ccc(C#N)cc1. The summed E-state index contributed by atoms with van der Waals surface area (Å²) in [4.78, 5) is 24.6. The van der Waals surface area contributed by atoms with E-state index >= 15 is 0 Å². The second kappa shape index (κ2) is 9.20. The molecular weight excluding hydrogens is 364 g/mol. The fraction of sp³-hybridized carbons (Fsp3) is 0.0870. The van der Waals surface area contributed by atoms with E-state index in [4.69, 9.17) is 5.26 Å². The van der Waals surface area contributed by atoms with Gasteiger partial charge in [0.25, 0.3) is 5.91 Å². The monoisotopic (exact) mass is 384 g/mol. The van der Waals surface area contributed by atoms with E-state index in [0.717, 1.165) is 11.3 Å². The maximum atomic E-state index is 12.3. The van der Waals surface area contributed by atoms with E-state index in [1.807, 2.05) is 19.1 Å². The number of hydrogen-bond acceptors (Lipinski definition) is 4. The molecule has 2 amide bonds. The number of nitrogens with zero attached hydrogens (tertiary/aromatic N) is 1. The van der Waals surface area contributed by atoms with Crippen LogP contribution in [0.25, 0.3) is 0 Å². The van der Waals surface area contributed by atoms with Gasteiger partial charge in [-0.05, 0) is 61.0 Å². The summed E-state index contributed by atoms with van der Waals surface area (Å²) in [5, 5.41) is 17.5. The van der Waals surface area contributed by atoms with E-state index < -0.39 is 0 Å². The van der Waals surface area contributed by atoms with Gasteiger partial charge in [0, 0.05) is 22.6 Å². The highest BCUT2D eigenvalue weighted by Crippen LogP contribution is 2.21. The molecular formula is C23H20N4O2. The highest BCUT2D eigenvalue weighted by Gasteiger charge is 2.09. The van der Waals surface area contributed by atoms with Crippen LogP contribution < -0.4 is 16.0 Å². The van der Waals surface area contributed by atoms with Crippen LogP contribution in [0.5, 0.6) is 0 Å². The first kappa shape index (κ1) is 19.6. The van der Waals surface area contributed by atoms with Gasteiger partial charge in [0.05, 0.1) is 18.2 Å². The first-order valence-electron chi connectivity index (χ1n) is 9.06. The van der Waals surface area contributed by atoms with Crippen LogP contribution in [-0.2, 0) is 4.79 Å². The summed E-state index contributed by atoms with van der Waals surface area (Å²) in [7, 11) is 0. The Balaban J connectivity index is 1.61. The number of carbonyl (C=O) groups excluding carboxylic acids is 2. The molecule has 6 nitrogen and oxygen atoms in total. The third kappa shape index (κ3) is 5.44. The van der Waals surface area contributed by atoms with Gasteiger partial charge in [-0.25, -0.2) is 0 Å². The minimum atomic E-state index is -0.219. The fourth-order valence-electron chi connectivity index (χ4n) is 2.67. The zero-order valence-corrected chi connectivity index (χ0v) is 15.9. The number of amides is 2. The van der Waals surface area contributed by atoms with Gasteiger partial charge >= 0.3 is 0 Å². The van der Waals surface area contributed by atoms with Crippen molar-refractivity contribution in [1.82, 2.24) is 0 Å². The van der Waals surface area contributed by atoms with Crippen LogP contribution in [0.4, 0.5) is 17.1 Å². The lowest BCUT2D eigenvalue weighted by Gasteiger charge is -2.12. The Morgan fingerprint density at radius 3 is 2.28 bits per heavy atom. The Morgan fingerprint density at radius 1 is 0.897 bits per heavy atom. The van der Waals surface area contributed by atoms with Crippen LogP contribution in [0.2, 0.25) is 0 Å². The molecule has 0 aromatic heterocycles. The molecule has 0 fully saturated rings. The van der Waals surface area contributed by atoms with Crippen molar-refractivity contribution in [2.45, 2.75) is 6.92 Å². The van der Waals surface area contributed by atoms with Crippen LogP contribution in [0.15, 0.2) is 72.8 Å². The van der Waals surface area contributed by atoms with Crippen molar-refractivity contribution in [3.05, 3.63) is 89.5 Å². The number of aryl methyl sites for hydroxylation is 1. The largest absolute Gasteiger partial charge is 0.376 e. The summed E-state index contributed by atoms with van der Waals surface area (Å²) in [6.45, 7) is 1.96. The average Bonchev–Trinajstić information content (AvgIpc) is 2.75. The first-order valence-corrected chi connectivity index (χ1v) is 9.06. The van der Waals surface area contributed by atoms with Gasteiger partial charge in [0.15, 0.2) is 0 Å². The topological polar surface area (TPSA) is 94.0 Å². The van der Waals surface area contributed by atoms with Crippen molar-refractivity contribution in [1.29, 1.82) is 5.26 Å². The molecule has 0 aliphatic carbocycles. The van der Waals surface area contributed by atoms with E-state index in [1.54, 1.807) is 60.7 Å². The summed E-state index contributed by atoms with van der Waals surface area (Å²) in [6, 6.07) is 23.2. The van der Waals surface area contributed by atoms with Crippen LogP contribution in [0, 0.1) is 18.3 Å². The summed E-state index contributed by atoms with van der Waals surface area (Å²) < 4.78 is 0. The third-order valence-electron chi connectivity index (χ3n) is 4.27. The normalized spacial score (nSPS) is 9.93. The molecule has 144 valence electrons. The molecule has 0 unspecified atom stereocenters. The maximum absolute atomic E-state index is 12.3. The Hall–Kier alpha value is -4.11. The van der Waals surface area contributed by atoms with Crippen molar-refractivity contribution in [3.8, 4) is 6.07 Å². The predicted molar refractivity (Wildman–Crippen MR) is 114 cm³/mol. The molecule has 0 radical (unpaired) electrons. The predicted octanol–water partition coefficient (Wildman–Crippen LogP) is 4.17. The second-order valence-corrected chi connectivity index (χ2v) is 6.44. The number of rotatable bonds is 6. The minimum Gasteiger partial charge on any atom is -0.376 e. The molecule has 6 heteroatoms. The number of hydrogen-bond donors (Lipinski definition) is 3. The molecule has 0 atom stereocenters. The van der Waals surface area contributed by atoms with Gasteiger partial charge in [-0.1, -0.05) is 24.3 Å². The van der Waals surface area contributed by atoms with Gasteiger partial charge < -0.3 is 16.0 Å². The lowest BCUT2D eigenvalue weighted by molar-refractivity contribution is -0.114. The van der Waals surface area contributed by atoms with Crippen LogP contribution in [-0.4, -0.2) is 18.4 Å². The Morgan fingerprint density at radius 2 is 1.59 bits per heavy atom. The van der Waals surface area contributed by atoms with Gasteiger partial charge in [0.2, 0.25) is 5.91 Å². The molecule has 3 rings (SSSR count). The Kier molecular flexibility index (Phi) is 6.23. The molecule has 0 heterocycles. The van der Waals surface area contributed by atoms with Crippen molar-refractivity contribution >= 4 is 28.9 Å². The minimum absolute atomic E-state index is 0.0753. The molecule has 3 aromatic carbocycles. The van der Waals surface area contributed by atoms with E-state index in [0.29, 0.717) is 22.5 Å². The quantitative estimate of drug-likeness (QED) is 0.594. The van der Waals surface area contributed by atoms with Crippen LogP contribution in [0.3, 0.4) is 0 Å². The van der Waals surface area contributed by atoms with Crippen molar-refractivity contribution in [2.75, 3.05) is 22.5 Å². The van der Waals surface area contributed by atoms with E-state index in [-0.39, 0.29) is 18.4 Å². The van der Waals surface area contributed by atoms with Gasteiger partial charge in [-0.2, -0.15) is 5.26 Å². The number of nitrogens with one attached hydrogen (secondary N) is 3. The average molecular weight is 384 g/mol. The third-order valence-corrected chi connectivity index (χ3v) is 4.27. The van der Waals surface area contributed by atoms with Crippen molar-refractivity contribution in [3.63, 3.8) is 0 Å². The van der Waals surface area contributed by atoms with Crippen molar-refractivity contribution in [2.24, 2.45) is 0 Å². The number of benzene rings is 3. The van der Waals surface area contributed by atoms with Gasteiger partial charge in [-0.3, -0.25) is 9.59 Å². The molecule has 3 aromatic rings. The summed E-state index contributed by atoms with van der Waals surface area (Å²) in [6.07, 6.45) is 0. The number of anilines is 3. The zero-order chi connectivity index (χ0) is 20.6. The van der Waals surface area contributed by atoms with E-state index in [2.05, 4.69) is 22.0 Å². The molecule has 0 bridgehead atoms. The van der Waals surface area contributed by atoms with Crippen molar-refractivity contribution < 1.29 is 9.59 Å². The van der Waals surface area contributed by atoms with E-state index in [9.17, 15) is 9.59 Å².